The Morgan fingerprint density at radius 1 is 1.10 bits per heavy atom. The van der Waals surface area contributed by atoms with Crippen molar-refractivity contribution in [1.82, 2.24) is 0 Å². The average Bonchev–Trinajstić information content (AvgIpc) is 2.46. The Morgan fingerprint density at radius 3 is 2.25 bits per heavy atom. The third kappa shape index (κ3) is 3.63. The van der Waals surface area contributed by atoms with E-state index in [1.165, 1.54) is 0 Å². The van der Waals surface area contributed by atoms with E-state index in [0.717, 1.165) is 11.3 Å². The van der Waals surface area contributed by atoms with E-state index >= 15 is 0 Å². The highest BCUT2D eigenvalue weighted by molar-refractivity contribution is 5.68. The summed E-state index contributed by atoms with van der Waals surface area (Å²) in [5.41, 5.74) is 0.801. The summed E-state index contributed by atoms with van der Waals surface area (Å²) in [6.07, 6.45) is 5.30. The van der Waals surface area contributed by atoms with Crippen molar-refractivity contribution in [3.05, 3.63) is 60.2 Å². The first-order chi connectivity index (χ1) is 9.69. The fourth-order valence-corrected chi connectivity index (χ4v) is 1.84. The van der Waals surface area contributed by atoms with Crippen LogP contribution in [0.2, 0.25) is 0 Å². The van der Waals surface area contributed by atoms with Gasteiger partial charge in [-0.25, -0.2) is 0 Å². The lowest BCUT2D eigenvalue weighted by atomic mass is 9.97. The number of rotatable bonds is 5. The fraction of sp³-hybridized carbons (Fsp3) is 0.118. The van der Waals surface area contributed by atoms with Gasteiger partial charge in [0.05, 0.1) is 12.3 Å². The van der Waals surface area contributed by atoms with Gasteiger partial charge in [0.15, 0.2) is 0 Å². The number of carboxylic acids is 1. The molecule has 0 amide bonds. The highest BCUT2D eigenvalue weighted by atomic mass is 16.5. The number of aliphatic carboxylic acids is 1. The van der Waals surface area contributed by atoms with E-state index in [2.05, 4.69) is 5.92 Å². The van der Waals surface area contributed by atoms with Gasteiger partial charge in [-0.2, -0.15) is 0 Å². The van der Waals surface area contributed by atoms with E-state index in [1.54, 1.807) is 24.3 Å². The molecule has 0 fully saturated rings. The van der Waals surface area contributed by atoms with E-state index in [9.17, 15) is 4.79 Å². The second-order valence-electron chi connectivity index (χ2n) is 4.30. The first-order valence-electron chi connectivity index (χ1n) is 6.20. The topological polar surface area (TPSA) is 46.5 Å². The van der Waals surface area contributed by atoms with Gasteiger partial charge in [-0.3, -0.25) is 4.79 Å². The van der Waals surface area contributed by atoms with Gasteiger partial charge in [0, 0.05) is 0 Å². The van der Waals surface area contributed by atoms with Crippen LogP contribution in [-0.4, -0.2) is 11.1 Å². The SMILES string of the molecule is C#C[C@H](CC(=O)O)c1ccc(Oc2ccccc2)cc1. The summed E-state index contributed by atoms with van der Waals surface area (Å²) in [5.74, 6) is 2.61. The van der Waals surface area contributed by atoms with Gasteiger partial charge in [0.1, 0.15) is 11.5 Å². The van der Waals surface area contributed by atoms with Crippen molar-refractivity contribution in [3.63, 3.8) is 0 Å². The lowest BCUT2D eigenvalue weighted by Gasteiger charge is -2.10. The highest BCUT2D eigenvalue weighted by Crippen LogP contribution is 2.25. The van der Waals surface area contributed by atoms with Gasteiger partial charge in [-0.1, -0.05) is 36.3 Å². The summed E-state index contributed by atoms with van der Waals surface area (Å²) < 4.78 is 5.66. The summed E-state index contributed by atoms with van der Waals surface area (Å²) in [5, 5.41) is 8.81. The van der Waals surface area contributed by atoms with Crippen molar-refractivity contribution in [1.29, 1.82) is 0 Å². The molecule has 0 heterocycles. The van der Waals surface area contributed by atoms with Gasteiger partial charge in [0.25, 0.3) is 0 Å². The maximum Gasteiger partial charge on any atom is 0.304 e. The molecule has 0 saturated heterocycles. The van der Waals surface area contributed by atoms with E-state index in [1.807, 2.05) is 30.3 Å². The molecule has 0 bridgehead atoms. The van der Waals surface area contributed by atoms with Crippen LogP contribution in [0.5, 0.6) is 11.5 Å². The number of terminal acetylenes is 1. The van der Waals surface area contributed by atoms with E-state index in [4.69, 9.17) is 16.3 Å². The normalized spacial score (nSPS) is 11.3. The number of para-hydroxylation sites is 1. The standard InChI is InChI=1S/C17H14O3/c1-2-13(12-17(18)19)14-8-10-16(11-9-14)20-15-6-4-3-5-7-15/h1,3-11,13H,12H2,(H,18,19)/t13-/m1/s1. The van der Waals surface area contributed by atoms with E-state index < -0.39 is 11.9 Å². The number of benzene rings is 2. The Labute approximate surface area is 117 Å². The van der Waals surface area contributed by atoms with E-state index in [0.29, 0.717) is 5.75 Å². The molecule has 2 aromatic rings. The highest BCUT2D eigenvalue weighted by Gasteiger charge is 2.12. The Morgan fingerprint density at radius 2 is 1.70 bits per heavy atom. The van der Waals surface area contributed by atoms with Crippen LogP contribution in [0.3, 0.4) is 0 Å². The van der Waals surface area contributed by atoms with Crippen LogP contribution in [-0.2, 0) is 4.79 Å². The molecule has 20 heavy (non-hydrogen) atoms. The molecular formula is C17H14O3. The Kier molecular flexibility index (Phi) is 4.41. The number of hydrogen-bond acceptors (Lipinski definition) is 2. The predicted octanol–water partition coefficient (Wildman–Crippen LogP) is 3.67. The van der Waals surface area contributed by atoms with Crippen molar-refractivity contribution in [2.45, 2.75) is 12.3 Å². The van der Waals surface area contributed by atoms with Gasteiger partial charge in [-0.15, -0.1) is 6.42 Å². The summed E-state index contributed by atoms with van der Waals surface area (Å²) >= 11 is 0. The lowest BCUT2D eigenvalue weighted by molar-refractivity contribution is -0.137. The van der Waals surface area contributed by atoms with Crippen LogP contribution in [0, 0.1) is 12.3 Å². The third-order valence-corrected chi connectivity index (χ3v) is 2.84. The van der Waals surface area contributed by atoms with Gasteiger partial charge in [-0.05, 0) is 29.8 Å². The molecule has 3 nitrogen and oxygen atoms in total. The summed E-state index contributed by atoms with van der Waals surface area (Å²) in [4.78, 5) is 10.7. The molecule has 0 aliphatic carbocycles. The summed E-state index contributed by atoms with van der Waals surface area (Å²) in [7, 11) is 0. The molecule has 2 rings (SSSR count). The fourth-order valence-electron chi connectivity index (χ4n) is 1.84. The van der Waals surface area contributed by atoms with Crippen LogP contribution < -0.4 is 4.74 Å². The van der Waals surface area contributed by atoms with Crippen molar-refractivity contribution in [3.8, 4) is 23.8 Å². The zero-order chi connectivity index (χ0) is 14.4. The molecule has 1 atom stereocenters. The van der Waals surface area contributed by atoms with Crippen LogP contribution in [0.4, 0.5) is 0 Å². The van der Waals surface area contributed by atoms with Crippen LogP contribution >= 0.6 is 0 Å². The van der Waals surface area contributed by atoms with Gasteiger partial charge in [0.2, 0.25) is 0 Å². The monoisotopic (exact) mass is 266 g/mol. The van der Waals surface area contributed by atoms with Crippen LogP contribution in [0.1, 0.15) is 17.9 Å². The zero-order valence-corrected chi connectivity index (χ0v) is 10.8. The molecule has 3 heteroatoms. The molecule has 0 saturated carbocycles. The number of ether oxygens (including phenoxy) is 1. The smallest absolute Gasteiger partial charge is 0.304 e. The average molecular weight is 266 g/mol. The maximum atomic E-state index is 10.7. The molecule has 0 aromatic heterocycles. The molecule has 0 spiro atoms. The Balaban J connectivity index is 2.10. The molecule has 100 valence electrons. The largest absolute Gasteiger partial charge is 0.481 e. The van der Waals surface area contributed by atoms with Gasteiger partial charge >= 0.3 is 5.97 Å². The molecule has 1 N–H and O–H groups in total. The molecule has 0 aliphatic heterocycles. The number of carboxylic acid groups (broad SMARTS) is 1. The predicted molar refractivity (Wildman–Crippen MR) is 76.8 cm³/mol. The molecule has 0 unspecified atom stereocenters. The number of carbonyl (C=O) groups is 1. The second kappa shape index (κ2) is 6.44. The molecule has 2 aromatic carbocycles. The van der Waals surface area contributed by atoms with Crippen LogP contribution in [0.15, 0.2) is 54.6 Å². The second-order valence-corrected chi connectivity index (χ2v) is 4.30. The maximum absolute atomic E-state index is 10.7. The molecule has 0 radical (unpaired) electrons. The first kappa shape index (κ1) is 13.7. The Bertz CT molecular complexity index is 609. The molecular weight excluding hydrogens is 252 g/mol. The third-order valence-electron chi connectivity index (χ3n) is 2.84. The van der Waals surface area contributed by atoms with Crippen molar-refractivity contribution in [2.24, 2.45) is 0 Å². The van der Waals surface area contributed by atoms with Crippen LogP contribution in [0.25, 0.3) is 0 Å². The quantitative estimate of drug-likeness (QED) is 0.840. The zero-order valence-electron chi connectivity index (χ0n) is 10.8. The first-order valence-corrected chi connectivity index (χ1v) is 6.20. The van der Waals surface area contributed by atoms with Crippen molar-refractivity contribution < 1.29 is 14.6 Å². The number of hydrogen-bond donors (Lipinski definition) is 1. The summed E-state index contributed by atoms with van der Waals surface area (Å²) in [6.45, 7) is 0. The van der Waals surface area contributed by atoms with E-state index in [-0.39, 0.29) is 6.42 Å². The van der Waals surface area contributed by atoms with Crippen molar-refractivity contribution in [2.75, 3.05) is 0 Å². The van der Waals surface area contributed by atoms with Crippen molar-refractivity contribution >= 4 is 5.97 Å². The minimum Gasteiger partial charge on any atom is -0.481 e. The minimum atomic E-state index is -0.905. The Hall–Kier alpha value is -2.73. The van der Waals surface area contributed by atoms with Gasteiger partial charge < -0.3 is 9.84 Å². The lowest BCUT2D eigenvalue weighted by Crippen LogP contribution is -2.04. The minimum absolute atomic E-state index is 0.0740. The summed E-state index contributed by atoms with van der Waals surface area (Å²) in [6, 6.07) is 16.6. The molecule has 0 aliphatic rings.